The van der Waals surface area contributed by atoms with Gasteiger partial charge in [-0.2, -0.15) is 0 Å². The summed E-state index contributed by atoms with van der Waals surface area (Å²) in [5.41, 5.74) is 0.674. The van der Waals surface area contributed by atoms with E-state index in [0.717, 1.165) is 5.39 Å². The van der Waals surface area contributed by atoms with Crippen molar-refractivity contribution in [2.75, 3.05) is 18.6 Å². The van der Waals surface area contributed by atoms with Crippen LogP contribution >= 0.6 is 0 Å². The standard InChI is InChI=1S/C27H28N2O6/c1-26(2,3)35-25(33)29-14-17(16-9-5-7-11-19(16)29)23-21(15-30)34-22(31)13-27(23)18-10-6-8-12-20(18)28(4)24(27)32/h5-12,14,21,23,30H,13,15H2,1-4H3/t21-,23-,27+/m1/s1. The van der Waals surface area contributed by atoms with Crippen LogP contribution in [0.4, 0.5) is 10.5 Å². The monoisotopic (exact) mass is 476 g/mol. The van der Waals surface area contributed by atoms with E-state index in [1.807, 2.05) is 42.5 Å². The number of cyclic esters (lactones) is 1. The average molecular weight is 477 g/mol. The fourth-order valence-corrected chi connectivity index (χ4v) is 5.60. The molecule has 1 N–H and O–H groups in total. The Kier molecular flexibility index (Phi) is 5.25. The predicted molar refractivity (Wildman–Crippen MR) is 129 cm³/mol. The number of anilines is 1. The third-order valence-electron chi connectivity index (χ3n) is 6.89. The van der Waals surface area contributed by atoms with Gasteiger partial charge in [-0.1, -0.05) is 36.4 Å². The van der Waals surface area contributed by atoms with E-state index < -0.39 is 41.7 Å². The lowest BCUT2D eigenvalue weighted by molar-refractivity contribution is -0.166. The zero-order valence-corrected chi connectivity index (χ0v) is 20.1. The number of carbonyl (C=O) groups is 3. The van der Waals surface area contributed by atoms with Gasteiger partial charge in [-0.15, -0.1) is 0 Å². The largest absolute Gasteiger partial charge is 0.459 e. The van der Waals surface area contributed by atoms with Crippen molar-refractivity contribution in [1.29, 1.82) is 0 Å². The highest BCUT2D eigenvalue weighted by atomic mass is 16.6. The first-order valence-electron chi connectivity index (χ1n) is 11.6. The Morgan fingerprint density at radius 3 is 2.54 bits per heavy atom. The SMILES string of the molecule is CN1C(=O)[C@@]2(CC(=O)O[C@H](CO)[C@H]2c2cn(C(=O)OC(C)(C)C)c3ccccc23)c2ccccc21. The Bertz CT molecular complexity index is 1350. The molecule has 8 heteroatoms. The van der Waals surface area contributed by atoms with Crippen LogP contribution in [-0.2, 0) is 24.5 Å². The molecule has 0 bridgehead atoms. The Hall–Kier alpha value is -3.65. The molecule has 5 rings (SSSR count). The van der Waals surface area contributed by atoms with Gasteiger partial charge in [0, 0.05) is 30.2 Å². The second-order valence-electron chi connectivity index (χ2n) is 10.2. The van der Waals surface area contributed by atoms with Crippen LogP contribution in [0.5, 0.6) is 0 Å². The molecule has 3 atom stereocenters. The third kappa shape index (κ3) is 3.43. The average Bonchev–Trinajstić information content (AvgIpc) is 3.29. The van der Waals surface area contributed by atoms with Crippen molar-refractivity contribution >= 4 is 34.6 Å². The van der Waals surface area contributed by atoms with Crippen molar-refractivity contribution in [2.45, 2.75) is 50.2 Å². The molecule has 1 saturated heterocycles. The smallest absolute Gasteiger partial charge is 0.419 e. The summed E-state index contributed by atoms with van der Waals surface area (Å²) >= 11 is 0. The maximum absolute atomic E-state index is 13.9. The van der Waals surface area contributed by atoms with E-state index in [2.05, 4.69) is 0 Å². The summed E-state index contributed by atoms with van der Waals surface area (Å²) < 4.78 is 12.7. The molecular formula is C27H28N2O6. The van der Waals surface area contributed by atoms with E-state index >= 15 is 0 Å². The molecule has 3 heterocycles. The number of carbonyl (C=O) groups excluding carboxylic acids is 3. The van der Waals surface area contributed by atoms with Crippen LogP contribution in [0, 0.1) is 0 Å². The van der Waals surface area contributed by atoms with E-state index in [1.165, 1.54) is 4.57 Å². The van der Waals surface area contributed by atoms with Crippen LogP contribution in [0.15, 0.2) is 54.7 Å². The number of para-hydroxylation sites is 2. The highest BCUT2D eigenvalue weighted by Crippen LogP contribution is 2.56. The summed E-state index contributed by atoms with van der Waals surface area (Å²) in [6.45, 7) is 4.90. The number of aromatic nitrogens is 1. The van der Waals surface area contributed by atoms with E-state index in [-0.39, 0.29) is 12.3 Å². The molecular weight excluding hydrogens is 448 g/mol. The number of nitrogens with zero attached hydrogens (tertiary/aromatic N) is 2. The fraction of sp³-hybridized carbons (Fsp3) is 0.370. The second kappa shape index (κ2) is 7.95. The second-order valence-corrected chi connectivity index (χ2v) is 10.2. The van der Waals surface area contributed by atoms with Gasteiger partial charge < -0.3 is 19.5 Å². The lowest BCUT2D eigenvalue weighted by atomic mass is 9.63. The predicted octanol–water partition coefficient (Wildman–Crippen LogP) is 3.73. The first-order chi connectivity index (χ1) is 16.6. The van der Waals surface area contributed by atoms with Crippen molar-refractivity contribution in [3.8, 4) is 0 Å². The molecule has 35 heavy (non-hydrogen) atoms. The molecule has 0 saturated carbocycles. The molecule has 1 fully saturated rings. The first kappa shape index (κ1) is 23.1. The van der Waals surface area contributed by atoms with E-state index in [9.17, 15) is 19.5 Å². The van der Waals surface area contributed by atoms with Crippen LogP contribution in [0.3, 0.4) is 0 Å². The molecule has 0 unspecified atom stereocenters. The van der Waals surface area contributed by atoms with Crippen molar-refractivity contribution in [1.82, 2.24) is 4.57 Å². The molecule has 1 aromatic heterocycles. The van der Waals surface area contributed by atoms with Crippen LogP contribution in [0.2, 0.25) is 0 Å². The van der Waals surface area contributed by atoms with Gasteiger partial charge in [-0.3, -0.25) is 14.2 Å². The van der Waals surface area contributed by atoms with E-state index in [0.29, 0.717) is 22.3 Å². The number of fused-ring (bicyclic) bond motifs is 3. The fourth-order valence-electron chi connectivity index (χ4n) is 5.60. The normalized spacial score (nSPS) is 24.1. The van der Waals surface area contributed by atoms with Crippen LogP contribution < -0.4 is 4.90 Å². The molecule has 2 aromatic carbocycles. The highest BCUT2D eigenvalue weighted by molar-refractivity contribution is 6.11. The molecule has 3 aromatic rings. The number of hydrogen-bond acceptors (Lipinski definition) is 6. The van der Waals surface area contributed by atoms with E-state index in [4.69, 9.17) is 9.47 Å². The van der Waals surface area contributed by atoms with Crippen molar-refractivity contribution in [3.63, 3.8) is 0 Å². The molecule has 0 radical (unpaired) electrons. The zero-order chi connectivity index (χ0) is 25.1. The number of rotatable bonds is 2. The van der Waals surface area contributed by atoms with Gasteiger partial charge in [0.05, 0.1) is 24.0 Å². The minimum atomic E-state index is -1.28. The minimum absolute atomic E-state index is 0.166. The quantitative estimate of drug-likeness (QED) is 0.566. The number of hydrogen-bond donors (Lipinski definition) is 1. The van der Waals surface area contributed by atoms with Crippen molar-refractivity contribution in [2.24, 2.45) is 0 Å². The Balaban J connectivity index is 1.78. The highest BCUT2D eigenvalue weighted by Gasteiger charge is 2.62. The molecule has 2 aliphatic heterocycles. The Morgan fingerprint density at radius 1 is 1.14 bits per heavy atom. The zero-order valence-electron chi connectivity index (χ0n) is 20.1. The maximum atomic E-state index is 13.9. The summed E-state index contributed by atoms with van der Waals surface area (Å²) in [5.74, 6) is -1.51. The van der Waals surface area contributed by atoms with Gasteiger partial charge >= 0.3 is 12.1 Å². The van der Waals surface area contributed by atoms with Gasteiger partial charge in [0.2, 0.25) is 5.91 Å². The van der Waals surface area contributed by atoms with Gasteiger partial charge in [-0.05, 0) is 44.0 Å². The van der Waals surface area contributed by atoms with Crippen LogP contribution in [-0.4, -0.2) is 53.0 Å². The lowest BCUT2D eigenvalue weighted by Gasteiger charge is -2.43. The lowest BCUT2D eigenvalue weighted by Crippen LogP contribution is -2.54. The summed E-state index contributed by atoms with van der Waals surface area (Å²) in [6.07, 6.45) is -0.0446. The number of ether oxygens (including phenoxy) is 2. The number of benzene rings is 2. The number of esters is 1. The topological polar surface area (TPSA) is 98.1 Å². The number of likely N-dealkylation sites (N-methyl/N-ethyl adjacent to an activating group) is 1. The van der Waals surface area contributed by atoms with Crippen LogP contribution in [0.25, 0.3) is 10.9 Å². The summed E-state index contributed by atoms with van der Waals surface area (Å²) in [5, 5.41) is 11.0. The first-order valence-corrected chi connectivity index (χ1v) is 11.6. The summed E-state index contributed by atoms with van der Waals surface area (Å²) in [4.78, 5) is 41.4. The summed E-state index contributed by atoms with van der Waals surface area (Å²) in [6, 6.07) is 14.7. The van der Waals surface area contributed by atoms with Gasteiger partial charge in [0.25, 0.3) is 0 Å². The van der Waals surface area contributed by atoms with Gasteiger partial charge in [-0.25, -0.2) is 4.79 Å². The van der Waals surface area contributed by atoms with E-state index in [1.54, 1.807) is 45.0 Å². The third-order valence-corrected chi connectivity index (χ3v) is 6.89. The maximum Gasteiger partial charge on any atom is 0.419 e. The molecule has 8 nitrogen and oxygen atoms in total. The Labute approximate surface area is 203 Å². The number of amides is 1. The van der Waals surface area contributed by atoms with Gasteiger partial charge in [0.1, 0.15) is 11.7 Å². The molecule has 1 spiro atoms. The molecule has 2 aliphatic rings. The summed E-state index contributed by atoms with van der Waals surface area (Å²) in [7, 11) is 1.69. The van der Waals surface area contributed by atoms with Crippen molar-refractivity contribution in [3.05, 3.63) is 65.9 Å². The Morgan fingerprint density at radius 2 is 1.83 bits per heavy atom. The van der Waals surface area contributed by atoms with Crippen molar-refractivity contribution < 1.29 is 29.0 Å². The molecule has 0 aliphatic carbocycles. The number of aliphatic hydroxyl groups excluding tert-OH is 1. The minimum Gasteiger partial charge on any atom is -0.459 e. The molecule has 1 amide bonds. The van der Waals surface area contributed by atoms with Crippen LogP contribution in [0.1, 0.15) is 44.2 Å². The molecule has 182 valence electrons. The number of aliphatic hydroxyl groups is 1. The van der Waals surface area contributed by atoms with Gasteiger partial charge in [0.15, 0.2) is 0 Å².